The molecule has 0 unspecified atom stereocenters. The van der Waals surface area contributed by atoms with Crippen molar-refractivity contribution in [2.75, 3.05) is 0 Å². The van der Waals surface area contributed by atoms with E-state index < -0.39 is 0 Å². The van der Waals surface area contributed by atoms with Gasteiger partial charge in [0.25, 0.3) is 0 Å². The number of halogens is 1. The Hall–Kier alpha value is -0.260. The predicted molar refractivity (Wildman–Crippen MR) is 50.2 cm³/mol. The summed E-state index contributed by atoms with van der Waals surface area (Å²) in [5, 5.41) is 3.26. The lowest BCUT2D eigenvalue weighted by Crippen LogP contribution is -2.45. The van der Waals surface area contributed by atoms with Gasteiger partial charge < -0.3 is 0 Å². The average Bonchev–Trinajstić information content (AvgIpc) is 2.20. The van der Waals surface area contributed by atoms with Crippen molar-refractivity contribution in [2.45, 2.75) is 25.9 Å². The smallest absolute Gasteiger partial charge is 0.129 e. The van der Waals surface area contributed by atoms with Crippen molar-refractivity contribution in [3.8, 4) is 0 Å². The van der Waals surface area contributed by atoms with Crippen molar-refractivity contribution < 1.29 is 0 Å². The Morgan fingerprint density at radius 3 is 2.09 bits per heavy atom. The zero-order chi connectivity index (χ0) is 7.56. The maximum Gasteiger partial charge on any atom is 0.129 e. The van der Waals surface area contributed by atoms with Crippen LogP contribution in [0.3, 0.4) is 0 Å². The number of hydrogen-bond donors (Lipinski definition) is 2. The fourth-order valence-corrected chi connectivity index (χ4v) is 1.06. The van der Waals surface area contributed by atoms with Crippen molar-refractivity contribution in [1.29, 1.82) is 0 Å². The third-order valence-corrected chi connectivity index (χ3v) is 1.65. The van der Waals surface area contributed by atoms with Crippen molar-refractivity contribution in [3.05, 3.63) is 12.4 Å². The highest BCUT2D eigenvalue weighted by molar-refractivity contribution is 8.93. The first kappa shape index (κ1) is 10.7. The van der Waals surface area contributed by atoms with E-state index in [2.05, 4.69) is 6.92 Å². The van der Waals surface area contributed by atoms with Crippen LogP contribution in [0.5, 0.6) is 0 Å². The van der Waals surface area contributed by atoms with Crippen molar-refractivity contribution in [1.82, 2.24) is 10.0 Å². The second-order valence-electron chi connectivity index (χ2n) is 2.46. The van der Waals surface area contributed by atoms with Crippen LogP contribution in [-0.4, -0.2) is 16.2 Å². The Kier molecular flexibility index (Phi) is 4.48. The average molecular weight is 223 g/mol. The van der Waals surface area contributed by atoms with E-state index in [1.165, 1.54) is 0 Å². The lowest BCUT2D eigenvalue weighted by Gasteiger charge is -2.25. The van der Waals surface area contributed by atoms with E-state index in [-0.39, 0.29) is 23.1 Å². The van der Waals surface area contributed by atoms with Gasteiger partial charge in [-0.2, -0.15) is 0 Å². The Bertz CT molecular complexity index is 127. The molecule has 0 atom stereocenters. The highest BCUT2D eigenvalue weighted by atomic mass is 79.9. The first-order chi connectivity index (χ1) is 4.75. The molecule has 0 fully saturated rings. The molecule has 66 valence electrons. The van der Waals surface area contributed by atoms with Gasteiger partial charge in [0, 0.05) is 12.4 Å². The molecule has 0 spiro atoms. The van der Waals surface area contributed by atoms with Gasteiger partial charge in [-0.15, -0.1) is 17.0 Å². The van der Waals surface area contributed by atoms with Crippen LogP contribution in [0.25, 0.3) is 0 Å². The molecule has 0 saturated carbocycles. The number of nitrogens with two attached hydrogens (primary N) is 2. The number of hydrazine groups is 2. The fraction of sp³-hybridized carbons (Fsp3) is 0.667. The van der Waals surface area contributed by atoms with E-state index in [0.717, 1.165) is 12.8 Å². The molecule has 0 saturated heterocycles. The van der Waals surface area contributed by atoms with E-state index >= 15 is 0 Å². The summed E-state index contributed by atoms with van der Waals surface area (Å²) in [7, 11) is 0. The first-order valence-electron chi connectivity index (χ1n) is 3.50. The maximum atomic E-state index is 5.58. The summed E-state index contributed by atoms with van der Waals surface area (Å²) in [5.41, 5.74) is 0. The van der Waals surface area contributed by atoms with Crippen LogP contribution in [-0.2, 0) is 0 Å². The molecule has 0 aromatic heterocycles. The summed E-state index contributed by atoms with van der Waals surface area (Å²) < 4.78 is 0. The zero-order valence-corrected chi connectivity index (χ0v) is 8.32. The molecule has 4 N–H and O–H groups in total. The van der Waals surface area contributed by atoms with E-state index in [0.29, 0.717) is 0 Å². The third kappa shape index (κ3) is 2.36. The molecular weight excluding hydrogens is 208 g/mol. The second-order valence-corrected chi connectivity index (χ2v) is 2.46. The van der Waals surface area contributed by atoms with E-state index in [1.54, 1.807) is 22.4 Å². The molecule has 1 heterocycles. The Morgan fingerprint density at radius 1 is 1.27 bits per heavy atom. The predicted octanol–water partition coefficient (Wildman–Crippen LogP) is 0.527. The molecule has 0 bridgehead atoms. The minimum absolute atomic E-state index is 0. The highest BCUT2D eigenvalue weighted by Crippen LogP contribution is 2.11. The lowest BCUT2D eigenvalue weighted by molar-refractivity contribution is 0.145. The van der Waals surface area contributed by atoms with Gasteiger partial charge in [-0.25, -0.2) is 11.7 Å². The quantitative estimate of drug-likeness (QED) is 0.670. The minimum atomic E-state index is 0. The van der Waals surface area contributed by atoms with Crippen molar-refractivity contribution >= 4 is 17.0 Å². The Balaban J connectivity index is 0.000001000. The zero-order valence-electron chi connectivity index (χ0n) is 6.60. The van der Waals surface area contributed by atoms with Gasteiger partial charge in [0.1, 0.15) is 6.17 Å². The molecule has 11 heavy (non-hydrogen) atoms. The summed E-state index contributed by atoms with van der Waals surface area (Å²) in [4.78, 5) is 0. The van der Waals surface area contributed by atoms with Crippen LogP contribution >= 0.6 is 17.0 Å². The topological polar surface area (TPSA) is 58.5 Å². The number of rotatable bonds is 2. The molecular formula is C6H15BrN4. The van der Waals surface area contributed by atoms with E-state index in [1.807, 2.05) is 0 Å². The molecule has 4 nitrogen and oxygen atoms in total. The first-order valence-corrected chi connectivity index (χ1v) is 3.50. The molecule has 0 amide bonds. The molecule has 0 aromatic carbocycles. The Labute approximate surface area is 77.5 Å². The van der Waals surface area contributed by atoms with Gasteiger partial charge in [-0.3, -0.25) is 10.0 Å². The van der Waals surface area contributed by atoms with Crippen LogP contribution in [0.2, 0.25) is 0 Å². The summed E-state index contributed by atoms with van der Waals surface area (Å²) in [5.74, 6) is 11.2. The Morgan fingerprint density at radius 2 is 1.73 bits per heavy atom. The van der Waals surface area contributed by atoms with Gasteiger partial charge in [0.15, 0.2) is 0 Å². The van der Waals surface area contributed by atoms with Gasteiger partial charge in [0.05, 0.1) is 0 Å². The summed E-state index contributed by atoms with van der Waals surface area (Å²) in [6, 6.07) is 0. The molecule has 0 aliphatic carbocycles. The van der Waals surface area contributed by atoms with Gasteiger partial charge >= 0.3 is 0 Å². The monoisotopic (exact) mass is 222 g/mol. The molecule has 1 aliphatic heterocycles. The van der Waals surface area contributed by atoms with Crippen LogP contribution < -0.4 is 11.7 Å². The minimum Gasteiger partial charge on any atom is -0.293 e. The van der Waals surface area contributed by atoms with E-state index in [4.69, 9.17) is 11.7 Å². The maximum absolute atomic E-state index is 5.58. The lowest BCUT2D eigenvalue weighted by atomic mass is 10.3. The van der Waals surface area contributed by atoms with Crippen LogP contribution in [0.1, 0.15) is 19.8 Å². The molecule has 0 radical (unpaired) electrons. The molecule has 1 rings (SSSR count). The molecule has 1 aliphatic rings. The molecule has 5 heteroatoms. The van der Waals surface area contributed by atoms with Crippen LogP contribution in [0.15, 0.2) is 12.4 Å². The molecule has 0 aromatic rings. The number of hydrogen-bond acceptors (Lipinski definition) is 4. The third-order valence-electron chi connectivity index (χ3n) is 1.65. The fourth-order valence-electron chi connectivity index (χ4n) is 1.06. The van der Waals surface area contributed by atoms with Gasteiger partial charge in [-0.1, -0.05) is 13.3 Å². The van der Waals surface area contributed by atoms with Crippen molar-refractivity contribution in [3.63, 3.8) is 0 Å². The second kappa shape index (κ2) is 4.58. The standard InChI is InChI=1S/C6H14N4.BrH/c1-2-3-6-9(7)4-5-10(6)8;/h4-6H,2-3,7-8H2,1H3;1H. The SMILES string of the molecule is Br.CCCC1N(N)C=CN1N. The number of nitrogens with zero attached hydrogens (tertiary/aromatic N) is 2. The summed E-state index contributed by atoms with van der Waals surface area (Å²) in [6.45, 7) is 2.11. The van der Waals surface area contributed by atoms with Crippen LogP contribution in [0.4, 0.5) is 0 Å². The normalized spacial score (nSPS) is 17.4. The summed E-state index contributed by atoms with van der Waals surface area (Å²) >= 11 is 0. The van der Waals surface area contributed by atoms with Crippen LogP contribution in [0, 0.1) is 0 Å². The van der Waals surface area contributed by atoms with Gasteiger partial charge in [0.2, 0.25) is 0 Å². The van der Waals surface area contributed by atoms with E-state index in [9.17, 15) is 0 Å². The summed E-state index contributed by atoms with van der Waals surface area (Å²) in [6.07, 6.45) is 5.80. The largest absolute Gasteiger partial charge is 0.293 e. The highest BCUT2D eigenvalue weighted by Gasteiger charge is 2.19. The van der Waals surface area contributed by atoms with Crippen molar-refractivity contribution in [2.24, 2.45) is 11.7 Å². The van der Waals surface area contributed by atoms with Gasteiger partial charge in [-0.05, 0) is 6.42 Å².